The monoisotopic (exact) mass is 399 g/mol. The van der Waals surface area contributed by atoms with Crippen molar-refractivity contribution in [1.29, 1.82) is 0 Å². The van der Waals surface area contributed by atoms with E-state index in [1.54, 1.807) is 0 Å². The summed E-state index contributed by atoms with van der Waals surface area (Å²) in [4.78, 5) is 25.9. The van der Waals surface area contributed by atoms with Gasteiger partial charge in [-0.05, 0) is 43.3 Å². The smallest absolute Gasteiger partial charge is 0.382 e. The van der Waals surface area contributed by atoms with Crippen molar-refractivity contribution < 1.29 is 35.4 Å². The van der Waals surface area contributed by atoms with Gasteiger partial charge in [0.05, 0.1) is 28.1 Å². The summed E-state index contributed by atoms with van der Waals surface area (Å²) < 4.78 is 66.4. The molecule has 3 rings (SSSR count). The molecule has 0 atom stereocenters. The number of fused-ring (bicyclic) bond motifs is 1. The fraction of sp³-hybridized carbons (Fsp3) is 0.176. The van der Waals surface area contributed by atoms with Crippen LogP contribution < -0.4 is 9.08 Å². The van der Waals surface area contributed by atoms with Gasteiger partial charge in [-0.15, -0.1) is 0 Å². The van der Waals surface area contributed by atoms with Crippen molar-refractivity contribution >= 4 is 27.6 Å². The number of anilines is 1. The number of hydrogen-bond acceptors (Lipinski definition) is 5. The third-order valence-electron chi connectivity index (χ3n) is 3.90. The van der Waals surface area contributed by atoms with Gasteiger partial charge in [0.2, 0.25) is 0 Å². The van der Waals surface area contributed by atoms with E-state index in [0.717, 1.165) is 24.3 Å². The van der Waals surface area contributed by atoms with E-state index in [9.17, 15) is 31.2 Å². The number of alkyl halides is 3. The van der Waals surface area contributed by atoms with Gasteiger partial charge in [0.1, 0.15) is 0 Å². The summed E-state index contributed by atoms with van der Waals surface area (Å²) in [6, 6.07) is 7.37. The second kappa shape index (κ2) is 6.38. The number of amides is 2. The maximum Gasteiger partial charge on any atom is 0.416 e. The Morgan fingerprint density at radius 2 is 1.63 bits per heavy atom. The van der Waals surface area contributed by atoms with Gasteiger partial charge in [-0.3, -0.25) is 9.59 Å². The Morgan fingerprint density at radius 3 is 2.19 bits per heavy atom. The lowest BCUT2D eigenvalue weighted by Crippen LogP contribution is -2.29. The SMILES string of the molecule is CCS(=O)(=O)Oc1cccc2c1C(=O)N(c1ccc(C(F)(F)F)cc1)C2=O. The first-order valence-electron chi connectivity index (χ1n) is 7.66. The van der Waals surface area contributed by atoms with Gasteiger partial charge in [0.15, 0.2) is 5.75 Å². The van der Waals surface area contributed by atoms with Crippen LogP contribution in [0.5, 0.6) is 5.75 Å². The minimum Gasteiger partial charge on any atom is -0.382 e. The van der Waals surface area contributed by atoms with Gasteiger partial charge in [0, 0.05) is 0 Å². The molecule has 0 aliphatic carbocycles. The first kappa shape index (κ1) is 18.9. The van der Waals surface area contributed by atoms with Gasteiger partial charge in [-0.1, -0.05) is 6.07 Å². The van der Waals surface area contributed by atoms with Crippen molar-refractivity contribution in [2.75, 3.05) is 10.7 Å². The average molecular weight is 399 g/mol. The number of hydrogen-bond donors (Lipinski definition) is 0. The first-order chi connectivity index (χ1) is 12.5. The Kier molecular flexibility index (Phi) is 4.46. The molecule has 1 heterocycles. The van der Waals surface area contributed by atoms with E-state index in [-0.39, 0.29) is 28.3 Å². The fourth-order valence-electron chi connectivity index (χ4n) is 2.55. The maximum atomic E-state index is 12.7. The van der Waals surface area contributed by atoms with Crippen molar-refractivity contribution in [3.05, 3.63) is 59.2 Å². The molecule has 0 fully saturated rings. The van der Waals surface area contributed by atoms with Crippen molar-refractivity contribution in [2.24, 2.45) is 0 Å². The van der Waals surface area contributed by atoms with Crippen LogP contribution in [0.4, 0.5) is 18.9 Å². The minimum absolute atomic E-state index is 0.0708. The van der Waals surface area contributed by atoms with Gasteiger partial charge in [0.25, 0.3) is 11.8 Å². The highest BCUT2D eigenvalue weighted by Gasteiger charge is 2.40. The van der Waals surface area contributed by atoms with Crippen LogP contribution in [0.1, 0.15) is 33.2 Å². The highest BCUT2D eigenvalue weighted by Crippen LogP contribution is 2.36. The van der Waals surface area contributed by atoms with Crippen LogP contribution in [0, 0.1) is 0 Å². The molecule has 0 spiro atoms. The Morgan fingerprint density at radius 1 is 1.00 bits per heavy atom. The Balaban J connectivity index is 2.02. The fourth-order valence-corrected chi connectivity index (χ4v) is 3.08. The summed E-state index contributed by atoms with van der Waals surface area (Å²) in [5.41, 5.74) is -1.34. The molecule has 2 aromatic carbocycles. The lowest BCUT2D eigenvalue weighted by molar-refractivity contribution is -0.137. The van der Waals surface area contributed by atoms with E-state index in [1.165, 1.54) is 25.1 Å². The van der Waals surface area contributed by atoms with E-state index in [4.69, 9.17) is 4.18 Å². The molecular weight excluding hydrogens is 387 g/mol. The number of benzene rings is 2. The van der Waals surface area contributed by atoms with Gasteiger partial charge in [-0.2, -0.15) is 21.6 Å². The third kappa shape index (κ3) is 3.39. The maximum absolute atomic E-state index is 12.7. The number of carbonyl (C=O) groups excluding carboxylic acids is 2. The molecule has 1 aliphatic rings. The highest BCUT2D eigenvalue weighted by atomic mass is 32.2. The molecule has 2 amide bonds. The summed E-state index contributed by atoms with van der Waals surface area (Å²) >= 11 is 0. The highest BCUT2D eigenvalue weighted by molar-refractivity contribution is 7.87. The topological polar surface area (TPSA) is 80.8 Å². The van der Waals surface area contributed by atoms with Crippen molar-refractivity contribution in [3.8, 4) is 5.75 Å². The standard InChI is InChI=1S/C17H12F3NO5S/c1-2-27(24,25)26-13-5-3-4-12-14(13)16(23)21(15(12)22)11-8-6-10(7-9-11)17(18,19)20/h3-9H,2H2,1H3. The van der Waals surface area contributed by atoms with E-state index in [1.807, 2.05) is 0 Å². The lowest BCUT2D eigenvalue weighted by atomic mass is 10.1. The number of rotatable bonds is 4. The van der Waals surface area contributed by atoms with E-state index < -0.39 is 33.7 Å². The lowest BCUT2D eigenvalue weighted by Gasteiger charge is -2.15. The van der Waals surface area contributed by atoms with Crippen LogP contribution in [0.15, 0.2) is 42.5 Å². The summed E-state index contributed by atoms with van der Waals surface area (Å²) in [6.45, 7) is 1.35. The Bertz CT molecular complexity index is 1030. The molecule has 0 bridgehead atoms. The minimum atomic E-state index is -4.56. The van der Waals surface area contributed by atoms with Crippen LogP contribution in [-0.2, 0) is 16.3 Å². The number of nitrogens with zero attached hydrogens (tertiary/aromatic N) is 1. The van der Waals surface area contributed by atoms with Crippen molar-refractivity contribution in [2.45, 2.75) is 13.1 Å². The molecule has 0 radical (unpaired) electrons. The van der Waals surface area contributed by atoms with Crippen molar-refractivity contribution in [1.82, 2.24) is 0 Å². The van der Waals surface area contributed by atoms with Gasteiger partial charge >= 0.3 is 16.3 Å². The number of carbonyl (C=O) groups is 2. The van der Waals surface area contributed by atoms with E-state index in [2.05, 4.69) is 0 Å². The molecule has 0 saturated carbocycles. The molecule has 2 aromatic rings. The average Bonchev–Trinajstić information content (AvgIpc) is 2.86. The molecule has 0 N–H and O–H groups in total. The van der Waals surface area contributed by atoms with Crippen LogP contribution in [0.3, 0.4) is 0 Å². The number of imide groups is 1. The first-order valence-corrected chi connectivity index (χ1v) is 9.24. The molecule has 6 nitrogen and oxygen atoms in total. The van der Waals surface area contributed by atoms with Crippen LogP contribution in [0.25, 0.3) is 0 Å². The molecule has 27 heavy (non-hydrogen) atoms. The third-order valence-corrected chi connectivity index (χ3v) is 5.04. The zero-order chi connectivity index (χ0) is 20.0. The van der Waals surface area contributed by atoms with Crippen LogP contribution in [-0.4, -0.2) is 26.0 Å². The van der Waals surface area contributed by atoms with Crippen LogP contribution in [0.2, 0.25) is 0 Å². The molecule has 0 saturated heterocycles. The summed E-state index contributed by atoms with van der Waals surface area (Å²) in [5.74, 6) is -2.31. The van der Waals surface area contributed by atoms with E-state index in [0.29, 0.717) is 4.90 Å². The molecule has 1 aliphatic heterocycles. The zero-order valence-electron chi connectivity index (χ0n) is 13.8. The molecule has 142 valence electrons. The second-order valence-corrected chi connectivity index (χ2v) is 7.46. The van der Waals surface area contributed by atoms with Crippen LogP contribution >= 0.6 is 0 Å². The van der Waals surface area contributed by atoms with E-state index >= 15 is 0 Å². The molecule has 0 aromatic heterocycles. The zero-order valence-corrected chi connectivity index (χ0v) is 14.6. The predicted octanol–water partition coefficient (Wildman–Crippen LogP) is 3.23. The number of halogens is 3. The normalized spacial score (nSPS) is 14.4. The molecule has 0 unspecified atom stereocenters. The van der Waals surface area contributed by atoms with Gasteiger partial charge in [-0.25, -0.2) is 4.90 Å². The predicted molar refractivity (Wildman–Crippen MR) is 89.1 cm³/mol. The molecule has 10 heteroatoms. The summed E-state index contributed by atoms with van der Waals surface area (Å²) in [5, 5.41) is 0. The Hall–Kier alpha value is -2.88. The molecular formula is C17H12F3NO5S. The van der Waals surface area contributed by atoms with Crippen molar-refractivity contribution in [3.63, 3.8) is 0 Å². The quantitative estimate of drug-likeness (QED) is 0.583. The summed E-state index contributed by atoms with van der Waals surface area (Å²) in [7, 11) is -3.95. The van der Waals surface area contributed by atoms with Gasteiger partial charge < -0.3 is 4.18 Å². The Labute approximate surface area is 152 Å². The second-order valence-electron chi connectivity index (χ2n) is 5.60. The largest absolute Gasteiger partial charge is 0.416 e. The summed E-state index contributed by atoms with van der Waals surface area (Å²) in [6.07, 6.45) is -4.56.